The zero-order chi connectivity index (χ0) is 24.6. The van der Waals surface area contributed by atoms with Crippen molar-refractivity contribution < 1.29 is 28.6 Å². The second-order valence-corrected chi connectivity index (χ2v) is 11.6. The number of nitrogens with one attached hydrogen (secondary N) is 1. The molecule has 1 aromatic heterocycles. The van der Waals surface area contributed by atoms with Gasteiger partial charge in [-0.2, -0.15) is 0 Å². The van der Waals surface area contributed by atoms with Gasteiger partial charge in [0.15, 0.2) is 11.5 Å². The molecule has 2 saturated carbocycles. The van der Waals surface area contributed by atoms with Gasteiger partial charge in [0.25, 0.3) is 0 Å². The summed E-state index contributed by atoms with van der Waals surface area (Å²) >= 11 is 2.83. The van der Waals surface area contributed by atoms with Crippen LogP contribution in [0.15, 0.2) is 28.0 Å². The third-order valence-electron chi connectivity index (χ3n) is 8.10. The molecule has 9 nitrogen and oxygen atoms in total. The van der Waals surface area contributed by atoms with Crippen molar-refractivity contribution in [3.05, 3.63) is 38.3 Å². The van der Waals surface area contributed by atoms with Gasteiger partial charge >= 0.3 is 10.8 Å². The molecule has 6 rings (SSSR count). The number of esters is 1. The molecule has 2 aromatic rings. The van der Waals surface area contributed by atoms with Crippen LogP contribution >= 0.6 is 23.1 Å². The summed E-state index contributed by atoms with van der Waals surface area (Å²) in [7, 11) is 4.41. The second kappa shape index (κ2) is 8.12. The number of benzene rings is 1. The van der Waals surface area contributed by atoms with Crippen molar-refractivity contribution in [2.75, 3.05) is 27.9 Å². The summed E-state index contributed by atoms with van der Waals surface area (Å²) in [6, 6.07) is 5.79. The minimum absolute atomic E-state index is 0.00158. The molecular weight excluding hydrogens is 492 g/mol. The van der Waals surface area contributed by atoms with E-state index in [4.69, 9.17) is 14.2 Å². The van der Waals surface area contributed by atoms with Crippen molar-refractivity contribution >= 4 is 40.9 Å². The van der Waals surface area contributed by atoms with Crippen molar-refractivity contribution in [3.63, 3.8) is 0 Å². The van der Waals surface area contributed by atoms with Crippen molar-refractivity contribution in [2.24, 2.45) is 29.6 Å². The molecule has 2 amide bonds. The molecule has 11 heteroatoms. The summed E-state index contributed by atoms with van der Waals surface area (Å²) in [6.07, 6.45) is 0.782. The van der Waals surface area contributed by atoms with Gasteiger partial charge in [-0.25, -0.2) is 0 Å². The van der Waals surface area contributed by atoms with Crippen LogP contribution in [0.5, 0.6) is 11.5 Å². The molecule has 4 aliphatic rings. The van der Waals surface area contributed by atoms with E-state index >= 15 is 0 Å². The van der Waals surface area contributed by atoms with Crippen LogP contribution in [-0.2, 0) is 19.1 Å². The van der Waals surface area contributed by atoms with E-state index < -0.39 is 17.8 Å². The fourth-order valence-electron chi connectivity index (χ4n) is 6.85. The molecule has 184 valence electrons. The number of thiazole rings is 1. The van der Waals surface area contributed by atoms with Crippen molar-refractivity contribution in [1.82, 2.24) is 9.88 Å². The number of carbonyl (C=O) groups is 3. The van der Waals surface area contributed by atoms with Gasteiger partial charge in [0, 0.05) is 16.0 Å². The Labute approximate surface area is 209 Å². The van der Waals surface area contributed by atoms with Gasteiger partial charge in [0.2, 0.25) is 11.8 Å². The Morgan fingerprint density at radius 3 is 2.46 bits per heavy atom. The van der Waals surface area contributed by atoms with Crippen molar-refractivity contribution in [2.45, 2.75) is 22.6 Å². The third kappa shape index (κ3) is 3.13. The molecule has 3 fully saturated rings. The molecule has 1 aromatic carbocycles. The Bertz CT molecular complexity index is 1300. The Morgan fingerprint density at radius 2 is 1.77 bits per heavy atom. The first-order valence-electron chi connectivity index (χ1n) is 11.4. The van der Waals surface area contributed by atoms with E-state index in [1.807, 2.05) is 18.2 Å². The predicted molar refractivity (Wildman–Crippen MR) is 127 cm³/mol. The van der Waals surface area contributed by atoms with Gasteiger partial charge in [0.05, 0.1) is 38.2 Å². The first-order chi connectivity index (χ1) is 16.9. The monoisotopic (exact) mass is 516 g/mol. The number of aromatic amines is 1. The molecule has 0 unspecified atom stereocenters. The van der Waals surface area contributed by atoms with Crippen molar-refractivity contribution in [1.29, 1.82) is 0 Å². The highest BCUT2D eigenvalue weighted by Gasteiger charge is 2.69. The number of fused-ring (bicyclic) bond motifs is 9. The highest BCUT2D eigenvalue weighted by molar-refractivity contribution is 8.00. The molecule has 2 aliphatic heterocycles. The summed E-state index contributed by atoms with van der Waals surface area (Å²) in [5.74, 6) is -0.888. The molecule has 2 aliphatic carbocycles. The van der Waals surface area contributed by atoms with Crippen LogP contribution in [0.3, 0.4) is 0 Å². The lowest BCUT2D eigenvalue weighted by atomic mass is 9.68. The summed E-state index contributed by atoms with van der Waals surface area (Å²) in [4.78, 5) is 55.8. The maximum Gasteiger partial charge on any atom is 0.325 e. The minimum atomic E-state index is -0.603. The molecule has 1 saturated heterocycles. The first kappa shape index (κ1) is 22.7. The van der Waals surface area contributed by atoms with E-state index in [2.05, 4.69) is 4.98 Å². The van der Waals surface area contributed by atoms with E-state index in [1.54, 1.807) is 26.0 Å². The number of aromatic nitrogens is 1. The molecule has 3 heterocycles. The van der Waals surface area contributed by atoms with Crippen LogP contribution in [0.2, 0.25) is 0 Å². The zero-order valence-electron chi connectivity index (χ0n) is 19.3. The summed E-state index contributed by atoms with van der Waals surface area (Å²) < 4.78 is 15.7. The largest absolute Gasteiger partial charge is 0.493 e. The van der Waals surface area contributed by atoms with Crippen LogP contribution in [0.25, 0.3) is 0 Å². The number of likely N-dealkylation sites (tertiary alicyclic amines) is 1. The predicted octanol–water partition coefficient (Wildman–Crippen LogP) is 2.10. The van der Waals surface area contributed by atoms with E-state index in [1.165, 1.54) is 18.4 Å². The summed E-state index contributed by atoms with van der Waals surface area (Å²) in [6.45, 7) is -0.344. The van der Waals surface area contributed by atoms with Crippen LogP contribution in [0.4, 0.5) is 0 Å². The Morgan fingerprint density at radius 1 is 1.06 bits per heavy atom. The number of nitrogens with zero attached hydrogens (tertiary/aromatic N) is 1. The van der Waals surface area contributed by atoms with Gasteiger partial charge in [-0.3, -0.25) is 24.1 Å². The zero-order valence-corrected chi connectivity index (χ0v) is 20.9. The van der Waals surface area contributed by atoms with E-state index in [-0.39, 0.29) is 52.2 Å². The smallest absolute Gasteiger partial charge is 0.325 e. The van der Waals surface area contributed by atoms with Gasteiger partial charge in [-0.05, 0) is 41.9 Å². The number of carbonyl (C=O) groups excluding carboxylic acids is 3. The topological polar surface area (TPSA) is 115 Å². The average molecular weight is 517 g/mol. The number of thioether (sulfide) groups is 1. The summed E-state index contributed by atoms with van der Waals surface area (Å²) in [5.41, 5.74) is 0.988. The van der Waals surface area contributed by atoms with Crippen LogP contribution < -0.4 is 14.3 Å². The minimum Gasteiger partial charge on any atom is -0.493 e. The molecule has 1 N–H and O–H groups in total. The first-order valence-corrected chi connectivity index (χ1v) is 13.1. The lowest BCUT2D eigenvalue weighted by Crippen LogP contribution is -2.42. The average Bonchev–Trinajstić information content (AvgIpc) is 3.59. The number of methoxy groups -OCH3 is 3. The molecule has 2 bridgehead atoms. The van der Waals surface area contributed by atoms with Gasteiger partial charge in [-0.15, -0.1) is 11.8 Å². The number of H-pyrrole nitrogens is 1. The highest BCUT2D eigenvalue weighted by atomic mass is 32.2. The highest BCUT2D eigenvalue weighted by Crippen LogP contribution is 2.68. The Hall–Kier alpha value is -2.79. The molecule has 0 radical (unpaired) electrons. The van der Waals surface area contributed by atoms with E-state index in [9.17, 15) is 19.2 Å². The fraction of sp³-hybridized carbons (Fsp3) is 0.500. The number of hydrogen-bond donors (Lipinski definition) is 1. The van der Waals surface area contributed by atoms with E-state index in [0.717, 1.165) is 26.8 Å². The number of rotatable bonds is 5. The second-order valence-electron chi connectivity index (χ2n) is 9.41. The maximum absolute atomic E-state index is 13.4. The van der Waals surface area contributed by atoms with Crippen LogP contribution in [0, 0.1) is 29.6 Å². The number of ether oxygens (including phenoxy) is 3. The summed E-state index contributed by atoms with van der Waals surface area (Å²) in [5, 5.41) is 0.917. The number of imide groups is 1. The fourth-order valence-corrected chi connectivity index (χ4v) is 9.74. The SMILES string of the molecule is COC(=O)CN1C(=O)[C@@H]2[C@H]3C[C@@H]([C@@H]2C1=O)[C@@H]1[C@@H](c2ccc(OC)c(OC)c2)c2sc(=O)[nH]c2S[C@H]31. The number of hydrogen-bond acceptors (Lipinski definition) is 9. The lowest BCUT2D eigenvalue weighted by Gasteiger charge is -2.43. The Balaban J connectivity index is 1.43. The molecule has 35 heavy (non-hydrogen) atoms. The quantitative estimate of drug-likeness (QED) is 0.475. The lowest BCUT2D eigenvalue weighted by molar-refractivity contribution is -0.151. The van der Waals surface area contributed by atoms with Gasteiger partial charge < -0.3 is 19.2 Å². The molecular formula is C24H24N2O7S2. The Kier molecular flexibility index (Phi) is 5.26. The van der Waals surface area contributed by atoms with Crippen molar-refractivity contribution in [3.8, 4) is 11.5 Å². The van der Waals surface area contributed by atoms with Crippen LogP contribution in [0.1, 0.15) is 22.8 Å². The maximum atomic E-state index is 13.4. The van der Waals surface area contributed by atoms with E-state index in [0.29, 0.717) is 11.5 Å². The van der Waals surface area contributed by atoms with Gasteiger partial charge in [-0.1, -0.05) is 17.4 Å². The molecule has 0 spiro atoms. The third-order valence-corrected chi connectivity index (χ3v) is 10.7. The normalized spacial score (nSPS) is 32.3. The van der Waals surface area contributed by atoms with Crippen LogP contribution in [-0.4, -0.2) is 60.8 Å². The van der Waals surface area contributed by atoms with Gasteiger partial charge in [0.1, 0.15) is 6.54 Å². The number of amides is 2. The standard InChI is InChI=1S/C24H24N2O7S2/c1-31-12-5-4-9(6-13(12)32-2)15-16-10-7-11(19(16)34-21-20(15)35-24(30)25-21)18-17(10)22(28)26(23(18)29)8-14(27)33-3/h4-6,10-11,15-19H,7-8H2,1-3H3,(H,25,30)/t10-,11-,15-,16-,17+,18-,19-/m1/s1. The molecule has 7 atom stereocenters.